The highest BCUT2D eigenvalue weighted by Crippen LogP contribution is 1.94. The SMILES string of the molecule is COCCOCCNC(=O)NC(=O)CCCC(=O)O. The molecule has 8 nitrogen and oxygen atoms in total. The van der Waals surface area contributed by atoms with E-state index in [-0.39, 0.29) is 25.8 Å². The summed E-state index contributed by atoms with van der Waals surface area (Å²) in [4.78, 5) is 32.6. The second-order valence-corrected chi connectivity index (χ2v) is 3.66. The predicted molar refractivity (Wildman–Crippen MR) is 65.7 cm³/mol. The molecule has 0 unspecified atom stereocenters. The lowest BCUT2D eigenvalue weighted by atomic mass is 10.2. The van der Waals surface area contributed by atoms with Gasteiger partial charge in [-0.1, -0.05) is 0 Å². The molecule has 0 bridgehead atoms. The minimum atomic E-state index is -0.967. The predicted octanol–water partition coefficient (Wildman–Crippen LogP) is -0.270. The largest absolute Gasteiger partial charge is 0.481 e. The molecular formula is C11H20N2O6. The highest BCUT2D eigenvalue weighted by Gasteiger charge is 2.07. The topological polar surface area (TPSA) is 114 Å². The van der Waals surface area contributed by atoms with Gasteiger partial charge in [-0.05, 0) is 6.42 Å². The van der Waals surface area contributed by atoms with Gasteiger partial charge in [-0.25, -0.2) is 4.79 Å². The molecule has 0 atom stereocenters. The molecule has 0 spiro atoms. The smallest absolute Gasteiger partial charge is 0.321 e. The Labute approximate surface area is 111 Å². The van der Waals surface area contributed by atoms with Crippen LogP contribution in [0.4, 0.5) is 4.79 Å². The molecular weight excluding hydrogens is 256 g/mol. The Morgan fingerprint density at radius 3 is 2.47 bits per heavy atom. The molecule has 3 N–H and O–H groups in total. The summed E-state index contributed by atoms with van der Waals surface area (Å²) < 4.78 is 9.87. The van der Waals surface area contributed by atoms with Crippen molar-refractivity contribution in [3.8, 4) is 0 Å². The number of nitrogens with one attached hydrogen (secondary N) is 2. The summed E-state index contributed by atoms with van der Waals surface area (Å²) in [6.07, 6.45) is 0.112. The standard InChI is InChI=1S/C11H20N2O6/c1-18-7-8-19-6-5-12-11(17)13-9(14)3-2-4-10(15)16/h2-8H2,1H3,(H,15,16)(H2,12,13,14,17). The maximum Gasteiger partial charge on any atom is 0.321 e. The zero-order valence-electron chi connectivity index (χ0n) is 10.9. The molecule has 0 saturated carbocycles. The van der Waals surface area contributed by atoms with Crippen LogP contribution >= 0.6 is 0 Å². The van der Waals surface area contributed by atoms with E-state index in [2.05, 4.69) is 10.6 Å². The highest BCUT2D eigenvalue weighted by molar-refractivity contribution is 5.94. The molecule has 0 aliphatic carbocycles. The molecule has 0 radical (unpaired) electrons. The minimum absolute atomic E-state index is 0.00403. The summed E-state index contributed by atoms with van der Waals surface area (Å²) in [5.41, 5.74) is 0. The van der Waals surface area contributed by atoms with Gasteiger partial charge in [0.2, 0.25) is 5.91 Å². The Hall–Kier alpha value is -1.67. The lowest BCUT2D eigenvalue weighted by Gasteiger charge is -2.07. The Kier molecular flexibility index (Phi) is 10.4. The first-order valence-corrected chi connectivity index (χ1v) is 5.92. The first kappa shape index (κ1) is 17.3. The zero-order chi connectivity index (χ0) is 14.5. The Bertz CT molecular complexity index is 295. The summed E-state index contributed by atoms with van der Waals surface area (Å²) in [6, 6.07) is -0.615. The molecule has 0 aliphatic rings. The summed E-state index contributed by atoms with van der Waals surface area (Å²) in [5, 5.41) is 12.9. The van der Waals surface area contributed by atoms with E-state index in [0.29, 0.717) is 19.8 Å². The fourth-order valence-corrected chi connectivity index (χ4v) is 1.11. The van der Waals surface area contributed by atoms with Crippen molar-refractivity contribution < 1.29 is 29.0 Å². The van der Waals surface area contributed by atoms with Crippen molar-refractivity contribution in [2.75, 3.05) is 33.5 Å². The van der Waals surface area contributed by atoms with E-state index in [4.69, 9.17) is 14.6 Å². The molecule has 0 aromatic heterocycles. The molecule has 0 fully saturated rings. The highest BCUT2D eigenvalue weighted by atomic mass is 16.5. The summed E-state index contributed by atoms with van der Waals surface area (Å²) in [6.45, 7) is 1.52. The average Bonchev–Trinajstić information content (AvgIpc) is 2.33. The lowest BCUT2D eigenvalue weighted by molar-refractivity contribution is -0.137. The fraction of sp³-hybridized carbons (Fsp3) is 0.727. The molecule has 0 aromatic carbocycles. The van der Waals surface area contributed by atoms with E-state index < -0.39 is 17.9 Å². The molecule has 0 rings (SSSR count). The van der Waals surface area contributed by atoms with Crippen LogP contribution in [-0.4, -0.2) is 56.5 Å². The molecule has 3 amide bonds. The summed E-state index contributed by atoms with van der Waals surface area (Å²) in [5.74, 6) is -1.47. The first-order valence-electron chi connectivity index (χ1n) is 5.92. The van der Waals surface area contributed by atoms with Gasteiger partial charge in [-0.15, -0.1) is 0 Å². The van der Waals surface area contributed by atoms with Crippen LogP contribution in [0, 0.1) is 0 Å². The Morgan fingerprint density at radius 2 is 1.84 bits per heavy atom. The van der Waals surface area contributed by atoms with Gasteiger partial charge < -0.3 is 19.9 Å². The van der Waals surface area contributed by atoms with Crippen LogP contribution in [0.5, 0.6) is 0 Å². The maximum atomic E-state index is 11.2. The molecule has 0 aromatic rings. The molecule has 0 heterocycles. The molecule has 0 saturated heterocycles. The minimum Gasteiger partial charge on any atom is -0.481 e. The number of ether oxygens (including phenoxy) is 2. The van der Waals surface area contributed by atoms with Gasteiger partial charge in [-0.2, -0.15) is 0 Å². The molecule has 0 aliphatic heterocycles. The second-order valence-electron chi connectivity index (χ2n) is 3.66. The maximum absolute atomic E-state index is 11.2. The van der Waals surface area contributed by atoms with E-state index in [0.717, 1.165) is 0 Å². The van der Waals surface area contributed by atoms with E-state index in [1.165, 1.54) is 0 Å². The molecule has 110 valence electrons. The van der Waals surface area contributed by atoms with Crippen molar-refractivity contribution in [1.29, 1.82) is 0 Å². The van der Waals surface area contributed by atoms with Crippen LogP contribution in [0.15, 0.2) is 0 Å². The normalized spacial score (nSPS) is 9.95. The van der Waals surface area contributed by atoms with Crippen LogP contribution in [0.1, 0.15) is 19.3 Å². The number of aliphatic carboxylic acids is 1. The lowest BCUT2D eigenvalue weighted by Crippen LogP contribution is -2.40. The molecule has 19 heavy (non-hydrogen) atoms. The van der Waals surface area contributed by atoms with E-state index in [9.17, 15) is 14.4 Å². The van der Waals surface area contributed by atoms with E-state index in [1.54, 1.807) is 7.11 Å². The van der Waals surface area contributed by atoms with Crippen molar-refractivity contribution in [3.63, 3.8) is 0 Å². The van der Waals surface area contributed by atoms with Crippen molar-refractivity contribution >= 4 is 17.9 Å². The van der Waals surface area contributed by atoms with Crippen molar-refractivity contribution in [3.05, 3.63) is 0 Å². The van der Waals surface area contributed by atoms with Crippen molar-refractivity contribution in [2.45, 2.75) is 19.3 Å². The second kappa shape index (κ2) is 11.4. The number of carbonyl (C=O) groups is 3. The quantitative estimate of drug-likeness (QED) is 0.473. The van der Waals surface area contributed by atoms with Crippen molar-refractivity contribution in [2.24, 2.45) is 0 Å². The van der Waals surface area contributed by atoms with Gasteiger partial charge in [0.15, 0.2) is 0 Å². The van der Waals surface area contributed by atoms with Gasteiger partial charge >= 0.3 is 12.0 Å². The van der Waals surface area contributed by atoms with Gasteiger partial charge in [0.1, 0.15) is 0 Å². The van der Waals surface area contributed by atoms with E-state index in [1.807, 2.05) is 0 Å². The van der Waals surface area contributed by atoms with Gasteiger partial charge in [0.05, 0.1) is 19.8 Å². The van der Waals surface area contributed by atoms with Crippen LogP contribution in [0.25, 0.3) is 0 Å². The van der Waals surface area contributed by atoms with Crippen LogP contribution in [0.3, 0.4) is 0 Å². The number of urea groups is 1. The molecule has 8 heteroatoms. The van der Waals surface area contributed by atoms with Crippen LogP contribution in [0.2, 0.25) is 0 Å². The number of methoxy groups -OCH3 is 1. The number of carbonyl (C=O) groups excluding carboxylic acids is 2. The Morgan fingerprint density at radius 1 is 1.11 bits per heavy atom. The number of rotatable bonds is 10. The third-order valence-electron chi connectivity index (χ3n) is 2.01. The zero-order valence-corrected chi connectivity index (χ0v) is 10.9. The number of hydrogen-bond acceptors (Lipinski definition) is 5. The average molecular weight is 276 g/mol. The van der Waals surface area contributed by atoms with Gasteiger partial charge in [0, 0.05) is 26.5 Å². The van der Waals surface area contributed by atoms with Gasteiger partial charge in [-0.3, -0.25) is 14.9 Å². The van der Waals surface area contributed by atoms with E-state index >= 15 is 0 Å². The van der Waals surface area contributed by atoms with Gasteiger partial charge in [0.25, 0.3) is 0 Å². The van der Waals surface area contributed by atoms with Crippen LogP contribution < -0.4 is 10.6 Å². The fourth-order valence-electron chi connectivity index (χ4n) is 1.11. The first-order chi connectivity index (χ1) is 9.06. The van der Waals surface area contributed by atoms with Crippen molar-refractivity contribution in [1.82, 2.24) is 10.6 Å². The third-order valence-corrected chi connectivity index (χ3v) is 2.01. The van der Waals surface area contributed by atoms with Crippen LogP contribution in [-0.2, 0) is 19.1 Å². The summed E-state index contributed by atoms with van der Waals surface area (Å²) >= 11 is 0. The monoisotopic (exact) mass is 276 g/mol. The number of imide groups is 1. The number of amides is 3. The number of carboxylic acids is 1. The number of hydrogen-bond donors (Lipinski definition) is 3. The number of carboxylic acid groups (broad SMARTS) is 1. The Balaban J connectivity index is 3.46. The third kappa shape index (κ3) is 12.6. The summed E-state index contributed by atoms with van der Waals surface area (Å²) in [7, 11) is 1.56.